The summed E-state index contributed by atoms with van der Waals surface area (Å²) in [5.41, 5.74) is 18.6. The van der Waals surface area contributed by atoms with Gasteiger partial charge < -0.3 is 9.80 Å². The van der Waals surface area contributed by atoms with Crippen LogP contribution in [-0.2, 0) is 10.8 Å². The van der Waals surface area contributed by atoms with Gasteiger partial charge in [0.25, 0.3) is 6.71 Å². The Bertz CT molecular complexity index is 1960. The van der Waals surface area contributed by atoms with Crippen molar-refractivity contribution in [3.05, 3.63) is 119 Å². The Morgan fingerprint density at radius 1 is 0.556 bits per heavy atom. The second-order valence-corrected chi connectivity index (χ2v) is 16.6. The number of hydrogen-bond acceptors (Lipinski definition) is 2. The maximum Gasteiger partial charge on any atom is 0.252 e. The molecule has 0 aliphatic carbocycles. The van der Waals surface area contributed by atoms with Gasteiger partial charge in [-0.25, -0.2) is 0 Å². The lowest BCUT2D eigenvalue weighted by Gasteiger charge is -2.45. The van der Waals surface area contributed by atoms with Crippen molar-refractivity contribution < 1.29 is 0 Å². The Morgan fingerprint density at radius 3 is 1.71 bits per heavy atom. The van der Waals surface area contributed by atoms with Crippen LogP contribution in [0.1, 0.15) is 69.4 Å². The Morgan fingerprint density at radius 2 is 1.09 bits per heavy atom. The average Bonchev–Trinajstić information content (AvgIpc) is 2.96. The summed E-state index contributed by atoms with van der Waals surface area (Å²) < 4.78 is 0. The van der Waals surface area contributed by atoms with E-state index in [-0.39, 0.29) is 17.5 Å². The van der Waals surface area contributed by atoms with E-state index >= 15 is 0 Å². The minimum atomic E-state index is 0.0475. The molecule has 2 aliphatic heterocycles. The molecule has 0 spiro atoms. The van der Waals surface area contributed by atoms with Gasteiger partial charge in [0.1, 0.15) is 0 Å². The fourth-order valence-corrected chi connectivity index (χ4v) is 7.99. The third kappa shape index (κ3) is 4.77. The first-order chi connectivity index (χ1) is 21.2. The lowest BCUT2D eigenvalue weighted by atomic mass is 9.33. The zero-order chi connectivity index (χ0) is 32.0. The fourth-order valence-electron chi connectivity index (χ4n) is 7.52. The summed E-state index contributed by atoms with van der Waals surface area (Å²) in [4.78, 5) is 5.11. The van der Waals surface area contributed by atoms with Gasteiger partial charge in [0.05, 0.1) is 5.69 Å². The summed E-state index contributed by atoms with van der Waals surface area (Å²) in [6.45, 7) is 20.8. The Balaban J connectivity index is 1.59. The van der Waals surface area contributed by atoms with Crippen LogP contribution in [0, 0.1) is 20.8 Å². The maximum absolute atomic E-state index is 2.57. The van der Waals surface area contributed by atoms with Gasteiger partial charge in [-0.2, -0.15) is 0 Å². The summed E-state index contributed by atoms with van der Waals surface area (Å²) >= 11 is 0. The average molecular weight is 605 g/mol. The molecule has 45 heavy (non-hydrogen) atoms. The van der Waals surface area contributed by atoms with Crippen molar-refractivity contribution in [2.45, 2.75) is 73.1 Å². The molecule has 0 saturated carbocycles. The number of anilines is 6. The van der Waals surface area contributed by atoms with E-state index in [2.05, 4.69) is 163 Å². The number of benzene rings is 5. The van der Waals surface area contributed by atoms with Gasteiger partial charge in [0.2, 0.25) is 0 Å². The van der Waals surface area contributed by atoms with Crippen molar-refractivity contribution in [3.63, 3.8) is 0 Å². The quantitative estimate of drug-likeness (QED) is 0.192. The van der Waals surface area contributed by atoms with E-state index in [1.165, 1.54) is 83.5 Å². The number of fused-ring (bicyclic) bond motifs is 4. The molecule has 5 aromatic rings. The standard InChI is InChI=1S/C41H45BN2Si/c1-25-21-36-38-37(22-25)44(39-26(2)11-10-12-27(39)3)35-20-18-31(45)24-33(35)42(38)32-23-29(41(7,8)9)15-19-34(32)43(36)30-16-13-28(14-17-30)40(4,5)6/h10-24H,1-9,45H3. The first kappa shape index (κ1) is 29.7. The minimum Gasteiger partial charge on any atom is -0.311 e. The van der Waals surface area contributed by atoms with Gasteiger partial charge in [0.15, 0.2) is 0 Å². The smallest absolute Gasteiger partial charge is 0.252 e. The summed E-state index contributed by atoms with van der Waals surface area (Å²) in [7, 11) is 1.02. The largest absolute Gasteiger partial charge is 0.311 e. The molecule has 0 N–H and O–H groups in total. The molecule has 7 rings (SSSR count). The molecule has 0 bridgehead atoms. The molecule has 226 valence electrons. The van der Waals surface area contributed by atoms with Crippen molar-refractivity contribution in [2.75, 3.05) is 9.80 Å². The molecule has 2 nitrogen and oxygen atoms in total. The van der Waals surface area contributed by atoms with Gasteiger partial charge in [-0.15, -0.1) is 0 Å². The van der Waals surface area contributed by atoms with Gasteiger partial charge in [-0.05, 0) is 112 Å². The summed E-state index contributed by atoms with van der Waals surface area (Å²) in [5, 5.41) is 1.43. The molecule has 4 heteroatoms. The third-order valence-corrected chi connectivity index (χ3v) is 10.5. The van der Waals surface area contributed by atoms with Crippen molar-refractivity contribution >= 4 is 72.7 Å². The second kappa shape index (κ2) is 10.3. The zero-order valence-corrected chi connectivity index (χ0v) is 30.6. The highest BCUT2D eigenvalue weighted by molar-refractivity contribution is 7.00. The number of rotatable bonds is 2. The van der Waals surface area contributed by atoms with Crippen LogP contribution in [0.5, 0.6) is 0 Å². The second-order valence-electron chi connectivity index (χ2n) is 15.4. The van der Waals surface area contributed by atoms with E-state index < -0.39 is 0 Å². The monoisotopic (exact) mass is 604 g/mol. The van der Waals surface area contributed by atoms with Crippen LogP contribution in [0.3, 0.4) is 0 Å². The molecule has 0 aromatic heterocycles. The first-order valence-corrected chi connectivity index (χ1v) is 17.4. The summed E-state index contributed by atoms with van der Waals surface area (Å²) in [5.74, 6) is 0. The van der Waals surface area contributed by atoms with E-state index in [0.29, 0.717) is 0 Å². The van der Waals surface area contributed by atoms with Crippen molar-refractivity contribution in [2.24, 2.45) is 0 Å². The molecular formula is C41H45BN2Si. The highest BCUT2D eigenvalue weighted by Crippen LogP contribution is 2.46. The predicted molar refractivity (Wildman–Crippen MR) is 202 cm³/mol. The normalized spacial score (nSPS) is 13.9. The fraction of sp³-hybridized carbons (Fsp3) is 0.268. The summed E-state index contributed by atoms with van der Waals surface area (Å²) in [6.07, 6.45) is 0. The molecule has 0 saturated heterocycles. The third-order valence-electron chi connectivity index (χ3n) is 9.89. The molecule has 5 aromatic carbocycles. The van der Waals surface area contributed by atoms with Gasteiger partial charge in [0, 0.05) is 38.7 Å². The number of hydrogen-bond donors (Lipinski definition) is 0. The highest BCUT2D eigenvalue weighted by Gasteiger charge is 2.44. The van der Waals surface area contributed by atoms with E-state index in [1.54, 1.807) is 0 Å². The van der Waals surface area contributed by atoms with Crippen LogP contribution in [0.4, 0.5) is 34.1 Å². The highest BCUT2D eigenvalue weighted by atomic mass is 28.1. The van der Waals surface area contributed by atoms with E-state index in [4.69, 9.17) is 0 Å². The SMILES string of the molecule is Cc1cc2c3c(c1)N(c1c(C)cccc1C)c1ccc([SiH3])cc1B3c1cc(C(C)(C)C)ccc1N2c1ccc(C(C)(C)C)cc1. The van der Waals surface area contributed by atoms with Gasteiger partial charge in [-0.3, -0.25) is 0 Å². The number of aryl methyl sites for hydroxylation is 3. The Hall–Kier alpha value is -4.02. The van der Waals surface area contributed by atoms with Gasteiger partial charge >= 0.3 is 0 Å². The van der Waals surface area contributed by atoms with Crippen molar-refractivity contribution in [1.29, 1.82) is 0 Å². The van der Waals surface area contributed by atoms with Crippen LogP contribution in [0.2, 0.25) is 0 Å². The van der Waals surface area contributed by atoms with E-state index in [1.807, 2.05) is 0 Å². The van der Waals surface area contributed by atoms with Crippen molar-refractivity contribution in [3.8, 4) is 0 Å². The van der Waals surface area contributed by atoms with Crippen LogP contribution in [0.15, 0.2) is 91.0 Å². The maximum atomic E-state index is 2.57. The molecule has 2 heterocycles. The number of nitrogens with zero attached hydrogens (tertiary/aromatic N) is 2. The van der Waals surface area contributed by atoms with Crippen molar-refractivity contribution in [1.82, 2.24) is 0 Å². The summed E-state index contributed by atoms with van der Waals surface area (Å²) in [6, 6.07) is 35.3. The zero-order valence-electron chi connectivity index (χ0n) is 28.6. The van der Waals surface area contributed by atoms with Crippen LogP contribution in [0.25, 0.3) is 0 Å². The van der Waals surface area contributed by atoms with E-state index in [0.717, 1.165) is 10.2 Å². The molecule has 0 fully saturated rings. The lowest BCUT2D eigenvalue weighted by Crippen LogP contribution is -2.62. The lowest BCUT2D eigenvalue weighted by molar-refractivity contribution is 0.590. The minimum absolute atomic E-state index is 0.0475. The molecule has 0 atom stereocenters. The van der Waals surface area contributed by atoms with Gasteiger partial charge in [-0.1, -0.05) is 101 Å². The Labute approximate surface area is 273 Å². The first-order valence-electron chi connectivity index (χ1n) is 16.4. The number of para-hydroxylation sites is 1. The molecule has 0 unspecified atom stereocenters. The van der Waals surface area contributed by atoms with Crippen LogP contribution < -0.4 is 31.4 Å². The molecule has 0 radical (unpaired) electrons. The van der Waals surface area contributed by atoms with E-state index in [9.17, 15) is 0 Å². The van der Waals surface area contributed by atoms with Crippen LogP contribution in [-0.4, -0.2) is 17.0 Å². The molecular weight excluding hydrogens is 559 g/mol. The Kier molecular flexibility index (Phi) is 6.76. The molecule has 0 amide bonds. The van der Waals surface area contributed by atoms with Crippen LogP contribution >= 0.6 is 0 Å². The topological polar surface area (TPSA) is 6.48 Å². The predicted octanol–water partition coefficient (Wildman–Crippen LogP) is 7.28. The molecule has 2 aliphatic rings.